The number of amides is 2. The Bertz CT molecular complexity index is 976. The zero-order valence-electron chi connectivity index (χ0n) is 16.4. The van der Waals surface area contributed by atoms with Crippen molar-refractivity contribution in [1.82, 2.24) is 20.4 Å². The Kier molecular flexibility index (Phi) is 5.46. The number of carbonyl (C=O) groups excluding carboxylic acids is 2. The van der Waals surface area contributed by atoms with Crippen molar-refractivity contribution in [2.45, 2.75) is 38.8 Å². The first kappa shape index (κ1) is 19.0. The average molecular weight is 392 g/mol. The zero-order chi connectivity index (χ0) is 20.2. The van der Waals surface area contributed by atoms with Crippen molar-refractivity contribution in [2.75, 3.05) is 6.54 Å². The number of hydrogen-bond acceptors (Lipinski definition) is 4. The first-order valence-electron chi connectivity index (χ1n) is 9.81. The molecule has 7 heteroatoms. The van der Waals surface area contributed by atoms with E-state index in [2.05, 4.69) is 15.5 Å². The number of rotatable bonds is 6. The van der Waals surface area contributed by atoms with E-state index in [1.807, 2.05) is 49.6 Å². The van der Waals surface area contributed by atoms with Crippen molar-refractivity contribution < 1.29 is 14.1 Å². The number of aromatic amines is 1. The molecule has 1 aliphatic rings. The van der Waals surface area contributed by atoms with E-state index in [1.165, 1.54) is 0 Å². The Morgan fingerprint density at radius 3 is 2.76 bits per heavy atom. The van der Waals surface area contributed by atoms with E-state index in [1.54, 1.807) is 11.0 Å². The van der Waals surface area contributed by atoms with Crippen LogP contribution in [0.15, 0.2) is 53.3 Å². The topological polar surface area (TPSA) is 91.2 Å². The molecule has 4 rings (SSSR count). The van der Waals surface area contributed by atoms with Crippen LogP contribution >= 0.6 is 0 Å². The van der Waals surface area contributed by atoms with Gasteiger partial charge in [0.05, 0.1) is 12.1 Å². The molecule has 0 saturated carbocycles. The lowest BCUT2D eigenvalue weighted by Crippen LogP contribution is -2.46. The maximum absolute atomic E-state index is 12.7. The van der Waals surface area contributed by atoms with E-state index >= 15 is 0 Å². The number of nitrogens with zero attached hydrogens (tertiary/aromatic N) is 2. The Morgan fingerprint density at radius 1 is 1.24 bits per heavy atom. The summed E-state index contributed by atoms with van der Waals surface area (Å²) in [6, 6.07) is 11.4. The molecule has 1 atom stereocenters. The van der Waals surface area contributed by atoms with E-state index in [0.717, 1.165) is 28.8 Å². The SMILES string of the molecule is Cc1cc(CC(=O)N2CCC[C@H]2C(=O)NCc2ccc(-c3cc[nH]c3)cc2)on1. The van der Waals surface area contributed by atoms with E-state index < -0.39 is 6.04 Å². The largest absolute Gasteiger partial charge is 0.367 e. The highest BCUT2D eigenvalue weighted by molar-refractivity contribution is 5.88. The number of benzene rings is 1. The van der Waals surface area contributed by atoms with Gasteiger partial charge < -0.3 is 19.7 Å². The predicted molar refractivity (Wildman–Crippen MR) is 108 cm³/mol. The van der Waals surface area contributed by atoms with Crippen molar-refractivity contribution in [1.29, 1.82) is 0 Å². The summed E-state index contributed by atoms with van der Waals surface area (Å²) in [5, 5.41) is 6.78. The minimum atomic E-state index is -0.425. The third kappa shape index (κ3) is 4.39. The second-order valence-corrected chi connectivity index (χ2v) is 7.37. The lowest BCUT2D eigenvalue weighted by molar-refractivity contribution is -0.138. The molecule has 3 aromatic rings. The molecule has 0 spiro atoms. The number of carbonyl (C=O) groups is 2. The molecule has 0 bridgehead atoms. The molecule has 2 N–H and O–H groups in total. The second kappa shape index (κ2) is 8.34. The molecule has 1 saturated heterocycles. The number of hydrogen-bond donors (Lipinski definition) is 2. The molecule has 1 aliphatic heterocycles. The molecule has 0 aliphatic carbocycles. The standard InChI is InChI=1S/C22H24N4O3/c1-15-11-19(29-25-15)12-21(27)26-10-2-3-20(26)22(28)24-13-16-4-6-17(7-5-16)18-8-9-23-14-18/h4-9,11,14,20,23H,2-3,10,12-13H2,1H3,(H,24,28)/t20-/m0/s1. The summed E-state index contributed by atoms with van der Waals surface area (Å²) in [5.74, 6) is 0.315. The summed E-state index contributed by atoms with van der Waals surface area (Å²) in [5.41, 5.74) is 4.01. The third-order valence-corrected chi connectivity index (χ3v) is 5.23. The minimum absolute atomic E-state index is 0.102. The number of H-pyrrole nitrogens is 1. The van der Waals surface area contributed by atoms with Crippen molar-refractivity contribution in [3.63, 3.8) is 0 Å². The van der Waals surface area contributed by atoms with Gasteiger partial charge in [0.2, 0.25) is 11.8 Å². The maximum atomic E-state index is 12.7. The van der Waals surface area contributed by atoms with Crippen molar-refractivity contribution in [2.24, 2.45) is 0 Å². The molecule has 3 heterocycles. The van der Waals surface area contributed by atoms with Crippen LogP contribution < -0.4 is 5.32 Å². The van der Waals surface area contributed by atoms with Gasteiger partial charge in [0.25, 0.3) is 0 Å². The summed E-state index contributed by atoms with van der Waals surface area (Å²) < 4.78 is 5.13. The van der Waals surface area contributed by atoms with Crippen LogP contribution in [0.4, 0.5) is 0 Å². The molecule has 2 aromatic heterocycles. The van der Waals surface area contributed by atoms with Crippen LogP contribution in [0.5, 0.6) is 0 Å². The molecule has 0 unspecified atom stereocenters. The summed E-state index contributed by atoms with van der Waals surface area (Å²) in [6.07, 6.45) is 5.47. The number of aromatic nitrogens is 2. The molecule has 29 heavy (non-hydrogen) atoms. The van der Waals surface area contributed by atoms with E-state index in [-0.39, 0.29) is 18.2 Å². The van der Waals surface area contributed by atoms with Gasteiger partial charge >= 0.3 is 0 Å². The van der Waals surface area contributed by atoms with Crippen LogP contribution in [-0.2, 0) is 22.6 Å². The number of nitrogens with one attached hydrogen (secondary N) is 2. The van der Waals surface area contributed by atoms with Gasteiger partial charge in [-0.05, 0) is 42.5 Å². The first-order chi connectivity index (χ1) is 14.1. The van der Waals surface area contributed by atoms with Gasteiger partial charge in [-0.25, -0.2) is 0 Å². The fourth-order valence-electron chi connectivity index (χ4n) is 3.71. The van der Waals surface area contributed by atoms with Crippen molar-refractivity contribution in [3.05, 3.63) is 65.8 Å². The van der Waals surface area contributed by atoms with Gasteiger partial charge in [-0.2, -0.15) is 0 Å². The fraction of sp³-hybridized carbons (Fsp3) is 0.318. The van der Waals surface area contributed by atoms with Gasteiger partial charge in [0.15, 0.2) is 0 Å². The van der Waals surface area contributed by atoms with Crippen LogP contribution in [0.25, 0.3) is 11.1 Å². The highest BCUT2D eigenvalue weighted by Gasteiger charge is 2.34. The lowest BCUT2D eigenvalue weighted by atomic mass is 10.1. The molecule has 150 valence electrons. The number of aryl methyl sites for hydroxylation is 1. The average Bonchev–Trinajstić information content (AvgIpc) is 3.48. The van der Waals surface area contributed by atoms with Crippen LogP contribution in [0.1, 0.15) is 29.9 Å². The summed E-state index contributed by atoms with van der Waals surface area (Å²) in [7, 11) is 0. The Labute approximate surface area is 169 Å². The predicted octanol–water partition coefficient (Wildman–Crippen LogP) is 2.83. The third-order valence-electron chi connectivity index (χ3n) is 5.23. The minimum Gasteiger partial charge on any atom is -0.367 e. The first-order valence-corrected chi connectivity index (χ1v) is 9.81. The Balaban J connectivity index is 1.33. The van der Waals surface area contributed by atoms with Crippen molar-refractivity contribution >= 4 is 11.8 Å². The molecular formula is C22H24N4O3. The maximum Gasteiger partial charge on any atom is 0.243 e. The molecule has 2 amide bonds. The highest BCUT2D eigenvalue weighted by atomic mass is 16.5. The summed E-state index contributed by atoms with van der Waals surface area (Å²) >= 11 is 0. The van der Waals surface area contributed by atoms with Gasteiger partial charge in [-0.3, -0.25) is 9.59 Å². The summed E-state index contributed by atoms with van der Waals surface area (Å²) in [6.45, 7) is 2.84. The van der Waals surface area contributed by atoms with Gasteiger partial charge in [0.1, 0.15) is 11.8 Å². The van der Waals surface area contributed by atoms with E-state index in [9.17, 15) is 9.59 Å². The van der Waals surface area contributed by atoms with Crippen LogP contribution in [0.3, 0.4) is 0 Å². The Hall–Kier alpha value is -3.35. The van der Waals surface area contributed by atoms with E-state index in [0.29, 0.717) is 25.3 Å². The van der Waals surface area contributed by atoms with Crippen LogP contribution in [0, 0.1) is 6.92 Å². The molecule has 1 aromatic carbocycles. The normalized spacial score (nSPS) is 16.2. The quantitative estimate of drug-likeness (QED) is 0.675. The second-order valence-electron chi connectivity index (χ2n) is 7.37. The summed E-state index contributed by atoms with van der Waals surface area (Å²) in [4.78, 5) is 30.0. The molecule has 0 radical (unpaired) electrons. The van der Waals surface area contributed by atoms with E-state index in [4.69, 9.17) is 4.52 Å². The molecule has 7 nitrogen and oxygen atoms in total. The zero-order valence-corrected chi connectivity index (χ0v) is 16.4. The van der Waals surface area contributed by atoms with Gasteiger partial charge in [-0.15, -0.1) is 0 Å². The van der Waals surface area contributed by atoms with Crippen molar-refractivity contribution in [3.8, 4) is 11.1 Å². The van der Waals surface area contributed by atoms with Gasteiger partial charge in [0, 0.05) is 31.5 Å². The molecule has 1 fully saturated rings. The Morgan fingerprint density at radius 2 is 2.07 bits per heavy atom. The highest BCUT2D eigenvalue weighted by Crippen LogP contribution is 2.21. The smallest absolute Gasteiger partial charge is 0.243 e. The monoisotopic (exact) mass is 392 g/mol. The lowest BCUT2D eigenvalue weighted by Gasteiger charge is -2.23. The fourth-order valence-corrected chi connectivity index (χ4v) is 3.71. The van der Waals surface area contributed by atoms with Crippen LogP contribution in [-0.4, -0.2) is 39.4 Å². The van der Waals surface area contributed by atoms with Crippen LogP contribution in [0.2, 0.25) is 0 Å². The van der Waals surface area contributed by atoms with Gasteiger partial charge in [-0.1, -0.05) is 29.4 Å². The number of likely N-dealkylation sites (tertiary alicyclic amines) is 1. The molecular weight excluding hydrogens is 368 g/mol.